The molecule has 0 aliphatic heterocycles. The van der Waals surface area contributed by atoms with Crippen molar-refractivity contribution in [2.24, 2.45) is 25.7 Å². The van der Waals surface area contributed by atoms with Crippen molar-refractivity contribution in [1.82, 2.24) is 29.5 Å². The lowest BCUT2D eigenvalue weighted by Crippen LogP contribution is -2.13. The van der Waals surface area contributed by atoms with Crippen molar-refractivity contribution in [3.05, 3.63) is 55.2 Å². The van der Waals surface area contributed by atoms with Crippen LogP contribution in [0.4, 0.5) is 5.82 Å². The second-order valence-electron chi connectivity index (χ2n) is 8.98. The van der Waals surface area contributed by atoms with Gasteiger partial charge in [0, 0.05) is 68.4 Å². The molecule has 9 nitrogen and oxygen atoms in total. The molecule has 0 atom stereocenters. The van der Waals surface area contributed by atoms with Crippen LogP contribution in [0.3, 0.4) is 0 Å². The molecule has 35 heavy (non-hydrogen) atoms. The number of nitrogens with two attached hydrogens (primary N) is 1. The third kappa shape index (κ3) is 6.32. The molecule has 0 spiro atoms. The number of nitrogens with zero attached hydrogens (tertiary/aromatic N) is 6. The van der Waals surface area contributed by atoms with Crippen molar-refractivity contribution in [3.8, 4) is 33.6 Å². The third-order valence-corrected chi connectivity index (χ3v) is 6.00. The predicted molar refractivity (Wildman–Crippen MR) is 137 cm³/mol. The Morgan fingerprint density at radius 1 is 1.00 bits per heavy atom. The first-order valence-electron chi connectivity index (χ1n) is 11.8. The van der Waals surface area contributed by atoms with E-state index in [2.05, 4.69) is 39.4 Å². The molecule has 5 rings (SSSR count). The van der Waals surface area contributed by atoms with Crippen LogP contribution in [-0.4, -0.2) is 42.0 Å². The quantitative estimate of drug-likeness (QED) is 0.437. The van der Waals surface area contributed by atoms with Crippen LogP contribution in [0.15, 0.2) is 55.2 Å². The van der Waals surface area contributed by atoms with Crippen molar-refractivity contribution < 1.29 is 4.79 Å². The van der Waals surface area contributed by atoms with Gasteiger partial charge >= 0.3 is 0 Å². The van der Waals surface area contributed by atoms with E-state index in [-0.39, 0.29) is 5.91 Å². The maximum Gasteiger partial charge on any atom is 0.214 e. The Morgan fingerprint density at radius 3 is 2.26 bits per heavy atom. The highest BCUT2D eigenvalue weighted by Gasteiger charge is 2.17. The highest BCUT2D eigenvalue weighted by Crippen LogP contribution is 2.31. The second kappa shape index (κ2) is 10.9. The molecule has 0 bridgehead atoms. The Hall–Kier alpha value is -4.01. The Labute approximate surface area is 205 Å². The molecule has 1 aliphatic carbocycles. The first-order chi connectivity index (χ1) is 16.9. The molecule has 1 amide bonds. The van der Waals surface area contributed by atoms with Gasteiger partial charge in [0.25, 0.3) is 0 Å². The van der Waals surface area contributed by atoms with Crippen molar-refractivity contribution >= 4 is 11.7 Å². The highest BCUT2D eigenvalue weighted by molar-refractivity contribution is 5.76. The van der Waals surface area contributed by atoms with E-state index in [0.29, 0.717) is 11.7 Å². The number of benzene rings is 1. The molecule has 9 heteroatoms. The lowest BCUT2D eigenvalue weighted by atomic mass is 10.1. The van der Waals surface area contributed by atoms with Gasteiger partial charge < -0.3 is 11.1 Å². The summed E-state index contributed by atoms with van der Waals surface area (Å²) < 4.78 is 3.62. The Balaban J connectivity index is 0.000000672. The highest BCUT2D eigenvalue weighted by atomic mass is 16.1. The molecular formula is C26H32N8O. The van der Waals surface area contributed by atoms with Gasteiger partial charge in [-0.25, -0.2) is 9.97 Å². The van der Waals surface area contributed by atoms with E-state index in [0.717, 1.165) is 40.2 Å². The summed E-state index contributed by atoms with van der Waals surface area (Å²) in [5, 5.41) is 12.2. The fourth-order valence-electron chi connectivity index (χ4n) is 4.29. The Morgan fingerprint density at radius 2 is 1.63 bits per heavy atom. The Bertz CT molecular complexity index is 1280. The number of anilines is 1. The van der Waals surface area contributed by atoms with Crippen LogP contribution in [0.2, 0.25) is 0 Å². The number of amides is 1. The average Bonchev–Trinajstić information content (AvgIpc) is 3.60. The molecule has 4 aromatic rings. The minimum Gasteiger partial charge on any atom is -0.370 e. The monoisotopic (exact) mass is 472 g/mol. The zero-order valence-corrected chi connectivity index (χ0v) is 20.5. The number of carbonyl (C=O) groups is 1. The zero-order chi connectivity index (χ0) is 24.8. The molecule has 1 aliphatic rings. The summed E-state index contributed by atoms with van der Waals surface area (Å²) in [7, 11) is 3.85. The minimum atomic E-state index is -0.333. The first-order valence-corrected chi connectivity index (χ1v) is 11.8. The van der Waals surface area contributed by atoms with E-state index in [1.165, 1.54) is 32.6 Å². The third-order valence-electron chi connectivity index (χ3n) is 6.00. The fourth-order valence-corrected chi connectivity index (χ4v) is 4.29. The van der Waals surface area contributed by atoms with E-state index in [4.69, 9.17) is 9.97 Å². The summed E-state index contributed by atoms with van der Waals surface area (Å²) in [6.07, 6.45) is 14.9. The number of hydrogen-bond donors (Lipinski definition) is 2. The van der Waals surface area contributed by atoms with Gasteiger partial charge in [-0.2, -0.15) is 10.2 Å². The van der Waals surface area contributed by atoms with E-state index in [1.54, 1.807) is 4.68 Å². The van der Waals surface area contributed by atoms with Crippen molar-refractivity contribution in [3.63, 3.8) is 0 Å². The van der Waals surface area contributed by atoms with Crippen LogP contribution in [0.25, 0.3) is 33.6 Å². The zero-order valence-electron chi connectivity index (χ0n) is 20.5. The summed E-state index contributed by atoms with van der Waals surface area (Å²) in [5.74, 6) is 1.97. The molecule has 0 radical (unpaired) electrons. The number of aryl methyl sites for hydroxylation is 2. The van der Waals surface area contributed by atoms with Crippen LogP contribution in [-0.2, 0) is 18.9 Å². The number of carbonyl (C=O) groups excluding carboxylic acids is 1. The molecule has 3 heterocycles. The van der Waals surface area contributed by atoms with Gasteiger partial charge in [0.05, 0.1) is 12.4 Å². The topological polar surface area (TPSA) is 117 Å². The molecule has 3 N–H and O–H groups in total. The second-order valence-corrected chi connectivity index (χ2v) is 8.98. The summed E-state index contributed by atoms with van der Waals surface area (Å²) in [4.78, 5) is 18.9. The van der Waals surface area contributed by atoms with Gasteiger partial charge in [0.15, 0.2) is 5.82 Å². The molecule has 3 aromatic heterocycles. The lowest BCUT2D eigenvalue weighted by Gasteiger charge is -2.15. The largest absolute Gasteiger partial charge is 0.370 e. The summed E-state index contributed by atoms with van der Waals surface area (Å²) in [5.41, 5.74) is 9.65. The SMILES string of the molecule is CC(N)=O.Cn1cc(-c2cccc(-c3ncc(-c4cnn(C)c4)c(NCC4CCCC4)n3)c2)cn1. The average molecular weight is 473 g/mol. The number of rotatable bonds is 6. The van der Waals surface area contributed by atoms with E-state index < -0.39 is 0 Å². The van der Waals surface area contributed by atoms with Crippen LogP contribution in [0, 0.1) is 5.92 Å². The maximum absolute atomic E-state index is 9.22. The van der Waals surface area contributed by atoms with Crippen molar-refractivity contribution in [1.29, 1.82) is 0 Å². The van der Waals surface area contributed by atoms with Crippen LogP contribution in [0.5, 0.6) is 0 Å². The van der Waals surface area contributed by atoms with E-state index in [1.807, 2.05) is 55.8 Å². The van der Waals surface area contributed by atoms with Gasteiger partial charge in [-0.05, 0) is 30.4 Å². The molecule has 182 valence electrons. The van der Waals surface area contributed by atoms with Crippen LogP contribution < -0.4 is 11.1 Å². The van der Waals surface area contributed by atoms with Gasteiger partial charge in [-0.3, -0.25) is 14.2 Å². The van der Waals surface area contributed by atoms with Gasteiger partial charge in [0.1, 0.15) is 5.82 Å². The molecule has 1 aromatic carbocycles. The van der Waals surface area contributed by atoms with Crippen molar-refractivity contribution in [2.45, 2.75) is 32.6 Å². The van der Waals surface area contributed by atoms with Crippen molar-refractivity contribution in [2.75, 3.05) is 11.9 Å². The van der Waals surface area contributed by atoms with Gasteiger partial charge in [0.2, 0.25) is 5.91 Å². The molecule has 0 unspecified atom stereocenters. The first kappa shape index (κ1) is 24.1. The van der Waals surface area contributed by atoms with E-state index in [9.17, 15) is 4.79 Å². The molecule has 1 fully saturated rings. The smallest absolute Gasteiger partial charge is 0.214 e. The van der Waals surface area contributed by atoms with Gasteiger partial charge in [-0.15, -0.1) is 0 Å². The molecular weight excluding hydrogens is 440 g/mol. The number of nitrogens with one attached hydrogen (secondary N) is 1. The molecule has 0 saturated heterocycles. The standard InChI is InChI=1S/C24H27N7.C2H5NO/c1-30-15-20(12-27-30)18-8-5-9-19(10-18)23-26-14-22(21-13-28-31(2)16-21)24(29-23)25-11-17-6-3-4-7-17;1-2(3)4/h5,8-10,12-17H,3-4,6-7,11H2,1-2H3,(H,25,26,29);1H3,(H2,3,4). The number of primary amides is 1. The maximum atomic E-state index is 9.22. The number of aromatic nitrogens is 6. The minimum absolute atomic E-state index is 0.333. The van der Waals surface area contributed by atoms with Gasteiger partial charge in [-0.1, -0.05) is 31.0 Å². The summed E-state index contributed by atoms with van der Waals surface area (Å²) >= 11 is 0. The van der Waals surface area contributed by atoms with E-state index >= 15 is 0 Å². The fraction of sp³-hybridized carbons (Fsp3) is 0.346. The lowest BCUT2D eigenvalue weighted by molar-refractivity contribution is -0.115. The normalized spacial score (nSPS) is 13.3. The number of hydrogen-bond acceptors (Lipinski definition) is 6. The predicted octanol–water partition coefficient (Wildman–Crippen LogP) is 4.04. The summed E-state index contributed by atoms with van der Waals surface area (Å²) in [6.45, 7) is 2.25. The van der Waals surface area contributed by atoms with Crippen LogP contribution in [0.1, 0.15) is 32.6 Å². The van der Waals surface area contributed by atoms with Crippen LogP contribution >= 0.6 is 0 Å². The summed E-state index contributed by atoms with van der Waals surface area (Å²) in [6, 6.07) is 8.31. The Kier molecular flexibility index (Phi) is 7.54. The molecule has 1 saturated carbocycles.